The summed E-state index contributed by atoms with van der Waals surface area (Å²) < 4.78 is 0. The van der Waals surface area contributed by atoms with Crippen molar-refractivity contribution in [3.05, 3.63) is 101 Å². The molecule has 1 heterocycles. The molecule has 3 nitrogen and oxygen atoms in total. The summed E-state index contributed by atoms with van der Waals surface area (Å²) in [7, 11) is 0. The van der Waals surface area contributed by atoms with E-state index < -0.39 is 0 Å². The van der Waals surface area contributed by atoms with Gasteiger partial charge in [0.25, 0.3) is 5.91 Å². The van der Waals surface area contributed by atoms with Crippen LogP contribution in [0.1, 0.15) is 38.8 Å². The number of hydrogen-bond acceptors (Lipinski definition) is 2. The molecule has 0 aliphatic heterocycles. The topological polar surface area (TPSA) is 42.0 Å². The molecule has 120 valence electrons. The van der Waals surface area contributed by atoms with Gasteiger partial charge in [0.15, 0.2) is 0 Å². The SMILES string of the molecule is Cc1ccc(C(=O)NC(c2ccccc2)c2ccccn2)cc1C. The smallest absolute Gasteiger partial charge is 0.252 e. The third kappa shape index (κ3) is 3.51. The summed E-state index contributed by atoms with van der Waals surface area (Å²) in [5, 5.41) is 3.11. The van der Waals surface area contributed by atoms with Gasteiger partial charge >= 0.3 is 0 Å². The van der Waals surface area contributed by atoms with Crippen molar-refractivity contribution >= 4 is 5.91 Å². The van der Waals surface area contributed by atoms with Crippen LogP contribution in [0.5, 0.6) is 0 Å². The van der Waals surface area contributed by atoms with Gasteiger partial charge in [0.2, 0.25) is 0 Å². The number of carbonyl (C=O) groups excluding carboxylic acids is 1. The maximum absolute atomic E-state index is 12.7. The number of benzene rings is 2. The van der Waals surface area contributed by atoms with E-state index in [1.807, 2.05) is 80.6 Å². The maximum atomic E-state index is 12.7. The number of pyridine rings is 1. The normalized spacial score (nSPS) is 11.8. The van der Waals surface area contributed by atoms with E-state index >= 15 is 0 Å². The molecule has 0 saturated heterocycles. The molecule has 0 aliphatic rings. The van der Waals surface area contributed by atoms with Crippen LogP contribution >= 0.6 is 0 Å². The second-order valence-electron chi connectivity index (χ2n) is 5.87. The molecule has 1 atom stereocenters. The fraction of sp³-hybridized carbons (Fsp3) is 0.143. The van der Waals surface area contributed by atoms with Crippen molar-refractivity contribution in [1.82, 2.24) is 10.3 Å². The van der Waals surface area contributed by atoms with E-state index in [0.29, 0.717) is 5.56 Å². The summed E-state index contributed by atoms with van der Waals surface area (Å²) in [6.45, 7) is 4.05. The van der Waals surface area contributed by atoms with Gasteiger partial charge in [-0.05, 0) is 54.8 Å². The molecule has 3 heteroatoms. The number of amides is 1. The average molecular weight is 316 g/mol. The van der Waals surface area contributed by atoms with Crippen molar-refractivity contribution in [3.63, 3.8) is 0 Å². The number of nitrogens with zero attached hydrogens (tertiary/aromatic N) is 1. The Balaban J connectivity index is 1.92. The van der Waals surface area contributed by atoms with Crippen molar-refractivity contribution in [1.29, 1.82) is 0 Å². The molecule has 24 heavy (non-hydrogen) atoms. The highest BCUT2D eigenvalue weighted by Gasteiger charge is 2.18. The summed E-state index contributed by atoms with van der Waals surface area (Å²) >= 11 is 0. The number of rotatable bonds is 4. The molecular formula is C21H20N2O. The van der Waals surface area contributed by atoms with Gasteiger partial charge in [-0.2, -0.15) is 0 Å². The highest BCUT2D eigenvalue weighted by Crippen LogP contribution is 2.21. The van der Waals surface area contributed by atoms with Crippen LogP contribution in [0.15, 0.2) is 72.9 Å². The quantitative estimate of drug-likeness (QED) is 0.783. The van der Waals surface area contributed by atoms with E-state index in [4.69, 9.17) is 0 Å². The Morgan fingerprint density at radius 2 is 1.67 bits per heavy atom. The number of nitrogens with one attached hydrogen (secondary N) is 1. The minimum absolute atomic E-state index is 0.0994. The first-order valence-electron chi connectivity index (χ1n) is 7.99. The second kappa shape index (κ2) is 7.09. The number of aryl methyl sites for hydroxylation is 2. The Hall–Kier alpha value is -2.94. The number of aromatic nitrogens is 1. The Labute approximate surface area is 142 Å². The molecule has 1 amide bonds. The highest BCUT2D eigenvalue weighted by atomic mass is 16.1. The Bertz CT molecular complexity index is 789. The van der Waals surface area contributed by atoms with Crippen molar-refractivity contribution < 1.29 is 4.79 Å². The van der Waals surface area contributed by atoms with E-state index in [9.17, 15) is 4.79 Å². The zero-order valence-electron chi connectivity index (χ0n) is 13.9. The van der Waals surface area contributed by atoms with Crippen molar-refractivity contribution in [2.75, 3.05) is 0 Å². The Morgan fingerprint density at radius 3 is 2.33 bits per heavy atom. The van der Waals surface area contributed by atoms with Crippen LogP contribution in [0.4, 0.5) is 0 Å². The standard InChI is InChI=1S/C21H20N2O/c1-15-11-12-18(14-16(15)2)21(24)23-20(17-8-4-3-5-9-17)19-10-6-7-13-22-19/h3-14,20H,1-2H3,(H,23,24). The van der Waals surface area contributed by atoms with Crippen molar-refractivity contribution in [2.45, 2.75) is 19.9 Å². The van der Waals surface area contributed by atoms with Crippen LogP contribution in [-0.4, -0.2) is 10.9 Å². The van der Waals surface area contributed by atoms with Crippen molar-refractivity contribution in [3.8, 4) is 0 Å². The summed E-state index contributed by atoms with van der Waals surface area (Å²) in [4.78, 5) is 17.1. The lowest BCUT2D eigenvalue weighted by Gasteiger charge is -2.19. The fourth-order valence-corrected chi connectivity index (χ4v) is 2.62. The molecule has 1 aromatic heterocycles. The van der Waals surface area contributed by atoms with Crippen molar-refractivity contribution in [2.24, 2.45) is 0 Å². The summed E-state index contributed by atoms with van der Waals surface area (Å²) in [5.74, 6) is -0.0994. The first-order chi connectivity index (χ1) is 11.6. The van der Waals surface area contributed by atoms with E-state index in [2.05, 4.69) is 10.3 Å². The molecule has 2 aromatic carbocycles. The Morgan fingerprint density at radius 1 is 0.917 bits per heavy atom. The molecule has 0 radical (unpaired) electrons. The summed E-state index contributed by atoms with van der Waals surface area (Å²) in [6, 6.07) is 21.1. The highest BCUT2D eigenvalue weighted by molar-refractivity contribution is 5.95. The van der Waals surface area contributed by atoms with Gasteiger partial charge in [-0.3, -0.25) is 9.78 Å². The molecule has 3 rings (SSSR count). The zero-order chi connectivity index (χ0) is 16.9. The van der Waals surface area contributed by atoms with Crippen LogP contribution in [0.3, 0.4) is 0 Å². The molecule has 3 aromatic rings. The molecule has 0 fully saturated rings. The lowest BCUT2D eigenvalue weighted by atomic mass is 10.0. The number of hydrogen-bond donors (Lipinski definition) is 1. The van der Waals surface area contributed by atoms with Crippen LogP contribution < -0.4 is 5.32 Å². The number of carbonyl (C=O) groups is 1. The van der Waals surface area contributed by atoms with Gasteiger partial charge in [0.05, 0.1) is 11.7 Å². The predicted molar refractivity (Wildman–Crippen MR) is 95.9 cm³/mol. The Kier molecular flexibility index (Phi) is 4.71. The lowest BCUT2D eigenvalue weighted by Crippen LogP contribution is -2.30. The fourth-order valence-electron chi connectivity index (χ4n) is 2.62. The summed E-state index contributed by atoms with van der Waals surface area (Å²) in [5.41, 5.74) is 4.77. The second-order valence-corrected chi connectivity index (χ2v) is 5.87. The molecular weight excluding hydrogens is 296 g/mol. The maximum Gasteiger partial charge on any atom is 0.252 e. The van der Waals surface area contributed by atoms with E-state index in [-0.39, 0.29) is 11.9 Å². The van der Waals surface area contributed by atoms with E-state index in [0.717, 1.165) is 16.8 Å². The zero-order valence-corrected chi connectivity index (χ0v) is 13.9. The van der Waals surface area contributed by atoms with Gasteiger partial charge in [-0.15, -0.1) is 0 Å². The molecule has 0 saturated carbocycles. The molecule has 1 N–H and O–H groups in total. The molecule has 0 bridgehead atoms. The van der Waals surface area contributed by atoms with Gasteiger partial charge in [-0.25, -0.2) is 0 Å². The van der Waals surface area contributed by atoms with Gasteiger partial charge < -0.3 is 5.32 Å². The van der Waals surface area contributed by atoms with Gasteiger partial charge in [0.1, 0.15) is 0 Å². The van der Waals surface area contributed by atoms with E-state index in [1.165, 1.54) is 5.56 Å². The first kappa shape index (κ1) is 15.9. The van der Waals surface area contributed by atoms with Gasteiger partial charge in [0, 0.05) is 11.8 Å². The minimum Gasteiger partial charge on any atom is -0.340 e. The monoisotopic (exact) mass is 316 g/mol. The third-order valence-corrected chi connectivity index (χ3v) is 4.16. The van der Waals surface area contributed by atoms with Crippen LogP contribution in [0, 0.1) is 13.8 Å². The largest absolute Gasteiger partial charge is 0.340 e. The van der Waals surface area contributed by atoms with Gasteiger partial charge in [-0.1, -0.05) is 42.5 Å². The molecule has 1 unspecified atom stereocenters. The minimum atomic E-state index is -0.276. The molecule has 0 aliphatic carbocycles. The lowest BCUT2D eigenvalue weighted by molar-refractivity contribution is 0.0942. The van der Waals surface area contributed by atoms with Crippen LogP contribution in [-0.2, 0) is 0 Å². The van der Waals surface area contributed by atoms with Crippen LogP contribution in [0.25, 0.3) is 0 Å². The third-order valence-electron chi connectivity index (χ3n) is 4.16. The van der Waals surface area contributed by atoms with E-state index in [1.54, 1.807) is 6.20 Å². The first-order valence-corrected chi connectivity index (χ1v) is 7.99. The summed E-state index contributed by atoms with van der Waals surface area (Å²) in [6.07, 6.45) is 1.74. The molecule has 0 spiro atoms. The van der Waals surface area contributed by atoms with Crippen LogP contribution in [0.2, 0.25) is 0 Å². The predicted octanol–water partition coefficient (Wildman–Crippen LogP) is 4.22. The average Bonchev–Trinajstić information content (AvgIpc) is 2.63.